The standard InChI is InChI=1S/C11H16BrNO/c1-8(14)6-9-4-5-11(13(2)3)10(12)7-9/h4-5,7-8,14H,6H2,1-3H3. The Morgan fingerprint density at radius 2 is 2.07 bits per heavy atom. The number of aliphatic hydroxyl groups is 1. The maximum atomic E-state index is 9.25. The lowest BCUT2D eigenvalue weighted by Gasteiger charge is -2.15. The van der Waals surface area contributed by atoms with Crippen molar-refractivity contribution in [3.8, 4) is 0 Å². The third-order valence-electron chi connectivity index (χ3n) is 2.03. The molecule has 0 heterocycles. The lowest BCUT2D eigenvalue weighted by Crippen LogP contribution is -2.10. The van der Waals surface area contributed by atoms with Gasteiger partial charge in [0.2, 0.25) is 0 Å². The number of benzene rings is 1. The highest BCUT2D eigenvalue weighted by Crippen LogP contribution is 2.26. The summed E-state index contributed by atoms with van der Waals surface area (Å²) in [5.41, 5.74) is 2.30. The van der Waals surface area contributed by atoms with E-state index in [9.17, 15) is 5.11 Å². The molecule has 0 spiro atoms. The van der Waals surface area contributed by atoms with E-state index < -0.39 is 0 Å². The van der Waals surface area contributed by atoms with Crippen LogP contribution in [-0.2, 0) is 6.42 Å². The quantitative estimate of drug-likeness (QED) is 0.900. The lowest BCUT2D eigenvalue weighted by molar-refractivity contribution is 0.195. The van der Waals surface area contributed by atoms with Crippen molar-refractivity contribution in [1.82, 2.24) is 0 Å². The summed E-state index contributed by atoms with van der Waals surface area (Å²) in [6.07, 6.45) is 0.416. The van der Waals surface area contributed by atoms with E-state index in [-0.39, 0.29) is 6.10 Å². The summed E-state index contributed by atoms with van der Waals surface area (Å²) in [6, 6.07) is 6.16. The van der Waals surface area contributed by atoms with Crippen LogP contribution in [0.2, 0.25) is 0 Å². The molecule has 0 saturated heterocycles. The maximum absolute atomic E-state index is 9.25. The number of rotatable bonds is 3. The summed E-state index contributed by atoms with van der Waals surface area (Å²) in [4.78, 5) is 2.05. The van der Waals surface area contributed by atoms with Gasteiger partial charge in [0.15, 0.2) is 0 Å². The van der Waals surface area contributed by atoms with Gasteiger partial charge >= 0.3 is 0 Å². The van der Waals surface area contributed by atoms with Gasteiger partial charge in [-0.2, -0.15) is 0 Å². The molecule has 1 unspecified atom stereocenters. The second-order valence-corrected chi connectivity index (χ2v) is 4.59. The molecule has 0 bridgehead atoms. The third kappa shape index (κ3) is 3.00. The van der Waals surface area contributed by atoms with E-state index in [1.807, 2.05) is 20.2 Å². The number of aliphatic hydroxyl groups excluding tert-OH is 1. The fourth-order valence-electron chi connectivity index (χ4n) is 1.38. The van der Waals surface area contributed by atoms with Gasteiger partial charge in [0, 0.05) is 18.6 Å². The Morgan fingerprint density at radius 1 is 1.43 bits per heavy atom. The van der Waals surface area contributed by atoms with Gasteiger partial charge in [0.25, 0.3) is 0 Å². The molecule has 1 rings (SSSR count). The number of halogens is 1. The Morgan fingerprint density at radius 3 is 2.50 bits per heavy atom. The normalized spacial score (nSPS) is 12.6. The first kappa shape index (κ1) is 11.5. The van der Waals surface area contributed by atoms with Gasteiger partial charge in [-0.15, -0.1) is 0 Å². The molecule has 3 heteroatoms. The van der Waals surface area contributed by atoms with Crippen molar-refractivity contribution < 1.29 is 5.11 Å². The van der Waals surface area contributed by atoms with Crippen molar-refractivity contribution in [3.05, 3.63) is 28.2 Å². The summed E-state index contributed by atoms with van der Waals surface area (Å²) in [5.74, 6) is 0. The number of nitrogens with zero attached hydrogens (tertiary/aromatic N) is 1. The van der Waals surface area contributed by atoms with E-state index in [1.54, 1.807) is 6.92 Å². The summed E-state index contributed by atoms with van der Waals surface area (Å²) < 4.78 is 1.07. The molecule has 78 valence electrons. The third-order valence-corrected chi connectivity index (χ3v) is 2.66. The van der Waals surface area contributed by atoms with Crippen LogP contribution in [0.25, 0.3) is 0 Å². The van der Waals surface area contributed by atoms with Gasteiger partial charge in [-0.3, -0.25) is 0 Å². The Hall–Kier alpha value is -0.540. The zero-order chi connectivity index (χ0) is 10.7. The van der Waals surface area contributed by atoms with Crippen molar-refractivity contribution in [2.75, 3.05) is 19.0 Å². The van der Waals surface area contributed by atoms with Crippen LogP contribution in [0.1, 0.15) is 12.5 Å². The van der Waals surface area contributed by atoms with Crippen LogP contribution in [0.4, 0.5) is 5.69 Å². The Labute approximate surface area is 93.7 Å². The van der Waals surface area contributed by atoms with E-state index in [4.69, 9.17) is 0 Å². The first-order valence-electron chi connectivity index (χ1n) is 4.64. The van der Waals surface area contributed by atoms with Crippen LogP contribution in [0.3, 0.4) is 0 Å². The molecule has 0 amide bonds. The molecular weight excluding hydrogens is 242 g/mol. The van der Waals surface area contributed by atoms with Gasteiger partial charge < -0.3 is 10.0 Å². The largest absolute Gasteiger partial charge is 0.393 e. The Bertz CT molecular complexity index is 310. The second-order valence-electron chi connectivity index (χ2n) is 3.73. The van der Waals surface area contributed by atoms with Crippen molar-refractivity contribution in [2.45, 2.75) is 19.4 Å². The highest BCUT2D eigenvalue weighted by atomic mass is 79.9. The Kier molecular flexibility index (Phi) is 3.96. The van der Waals surface area contributed by atoms with Crippen LogP contribution in [0.15, 0.2) is 22.7 Å². The smallest absolute Gasteiger partial charge is 0.0552 e. The minimum Gasteiger partial charge on any atom is -0.393 e. The number of hydrogen-bond acceptors (Lipinski definition) is 2. The maximum Gasteiger partial charge on any atom is 0.0552 e. The average Bonchev–Trinajstić information content (AvgIpc) is 2.01. The average molecular weight is 258 g/mol. The number of hydrogen-bond donors (Lipinski definition) is 1. The molecule has 1 aromatic rings. The van der Waals surface area contributed by atoms with Crippen LogP contribution >= 0.6 is 15.9 Å². The molecule has 0 fully saturated rings. The van der Waals surface area contributed by atoms with Crippen molar-refractivity contribution in [1.29, 1.82) is 0 Å². The highest BCUT2D eigenvalue weighted by Gasteiger charge is 2.04. The van der Waals surface area contributed by atoms with E-state index >= 15 is 0 Å². The topological polar surface area (TPSA) is 23.5 Å². The summed E-state index contributed by atoms with van der Waals surface area (Å²) in [5, 5.41) is 9.25. The molecule has 0 aliphatic heterocycles. The highest BCUT2D eigenvalue weighted by molar-refractivity contribution is 9.10. The van der Waals surface area contributed by atoms with Crippen molar-refractivity contribution in [2.24, 2.45) is 0 Å². The van der Waals surface area contributed by atoms with Crippen molar-refractivity contribution >= 4 is 21.6 Å². The molecule has 0 radical (unpaired) electrons. The van der Waals surface area contributed by atoms with E-state index in [0.717, 1.165) is 15.7 Å². The predicted molar refractivity (Wildman–Crippen MR) is 63.9 cm³/mol. The van der Waals surface area contributed by atoms with Gasteiger partial charge in [0.05, 0.1) is 11.8 Å². The van der Waals surface area contributed by atoms with Gasteiger partial charge in [-0.25, -0.2) is 0 Å². The van der Waals surface area contributed by atoms with Gasteiger partial charge in [-0.05, 0) is 47.0 Å². The molecule has 1 atom stereocenters. The zero-order valence-corrected chi connectivity index (χ0v) is 10.4. The van der Waals surface area contributed by atoms with Crippen LogP contribution in [0.5, 0.6) is 0 Å². The fraction of sp³-hybridized carbons (Fsp3) is 0.455. The molecular formula is C11H16BrNO. The molecule has 14 heavy (non-hydrogen) atoms. The van der Waals surface area contributed by atoms with E-state index in [1.165, 1.54) is 0 Å². The molecule has 0 aliphatic carbocycles. The summed E-state index contributed by atoms with van der Waals surface area (Å²) in [6.45, 7) is 1.80. The predicted octanol–water partition coefficient (Wildman–Crippen LogP) is 2.44. The summed E-state index contributed by atoms with van der Waals surface area (Å²) in [7, 11) is 4.02. The molecule has 2 nitrogen and oxygen atoms in total. The first-order valence-corrected chi connectivity index (χ1v) is 5.44. The summed E-state index contributed by atoms with van der Waals surface area (Å²) >= 11 is 3.51. The van der Waals surface area contributed by atoms with Crippen LogP contribution in [-0.4, -0.2) is 25.3 Å². The molecule has 0 saturated carbocycles. The zero-order valence-electron chi connectivity index (χ0n) is 8.79. The molecule has 1 aromatic carbocycles. The number of anilines is 1. The van der Waals surface area contributed by atoms with E-state index in [0.29, 0.717) is 6.42 Å². The monoisotopic (exact) mass is 257 g/mol. The Balaban J connectivity index is 2.89. The van der Waals surface area contributed by atoms with Gasteiger partial charge in [0.1, 0.15) is 0 Å². The second kappa shape index (κ2) is 4.80. The van der Waals surface area contributed by atoms with E-state index in [2.05, 4.69) is 33.0 Å². The van der Waals surface area contributed by atoms with Crippen molar-refractivity contribution in [3.63, 3.8) is 0 Å². The molecule has 0 aliphatic rings. The minimum atomic E-state index is -0.285. The van der Waals surface area contributed by atoms with Crippen LogP contribution < -0.4 is 4.90 Å². The SMILES string of the molecule is CC(O)Cc1ccc(N(C)C)c(Br)c1. The first-order chi connectivity index (χ1) is 6.50. The van der Waals surface area contributed by atoms with Crippen LogP contribution in [0, 0.1) is 0 Å². The fourth-order valence-corrected chi connectivity index (χ4v) is 2.16. The minimum absolute atomic E-state index is 0.285. The molecule has 1 N–H and O–H groups in total. The lowest BCUT2D eigenvalue weighted by atomic mass is 10.1. The van der Waals surface area contributed by atoms with Gasteiger partial charge in [-0.1, -0.05) is 6.07 Å². The molecule has 0 aromatic heterocycles.